The molecular weight excluding hydrogens is 256 g/mol. The molecule has 0 atom stereocenters. The lowest BCUT2D eigenvalue weighted by atomic mass is 10.3. The van der Waals surface area contributed by atoms with Gasteiger partial charge in [-0.1, -0.05) is 6.92 Å². The number of amides is 1. The van der Waals surface area contributed by atoms with Crippen molar-refractivity contribution in [2.45, 2.75) is 13.3 Å². The van der Waals surface area contributed by atoms with Gasteiger partial charge in [-0.05, 0) is 12.5 Å². The minimum absolute atomic E-state index is 0.0897. The Balaban J connectivity index is 2.45. The van der Waals surface area contributed by atoms with Gasteiger partial charge in [-0.3, -0.25) is 9.78 Å². The number of nitrogens with two attached hydrogens (primary N) is 1. The highest BCUT2D eigenvalue weighted by Gasteiger charge is 2.07. The number of carbonyl (C=O) groups excluding carboxylic acids is 1. The fraction of sp³-hybridized carbons (Fsp3) is 0.455. The molecule has 0 saturated heterocycles. The normalized spacial score (nSPS) is 11.2. The molecule has 0 aliphatic rings. The molecule has 0 spiro atoms. The number of nitrogens with zero attached hydrogens (tertiary/aromatic N) is 1. The van der Waals surface area contributed by atoms with Gasteiger partial charge in [0.15, 0.2) is 0 Å². The van der Waals surface area contributed by atoms with Crippen LogP contribution in [0.1, 0.15) is 23.7 Å². The van der Waals surface area contributed by atoms with Crippen molar-refractivity contribution in [3.63, 3.8) is 0 Å². The van der Waals surface area contributed by atoms with Crippen LogP contribution in [0.2, 0.25) is 0 Å². The van der Waals surface area contributed by atoms with E-state index in [2.05, 4.69) is 4.98 Å². The molecule has 18 heavy (non-hydrogen) atoms. The van der Waals surface area contributed by atoms with Gasteiger partial charge in [0.25, 0.3) is 0 Å². The van der Waals surface area contributed by atoms with Crippen molar-refractivity contribution in [1.82, 2.24) is 4.98 Å². The van der Waals surface area contributed by atoms with Crippen LogP contribution in [0.3, 0.4) is 0 Å². The first-order valence-electron chi connectivity index (χ1n) is 5.52. The maximum absolute atomic E-state index is 11.2. The van der Waals surface area contributed by atoms with Gasteiger partial charge in [0.2, 0.25) is 5.91 Å². The third kappa shape index (κ3) is 4.70. The average molecular weight is 272 g/mol. The molecule has 1 amide bonds. The van der Waals surface area contributed by atoms with Gasteiger partial charge < -0.3 is 10.5 Å². The van der Waals surface area contributed by atoms with Crippen molar-refractivity contribution in [3.05, 3.63) is 24.0 Å². The Morgan fingerprint density at radius 1 is 1.44 bits per heavy atom. The van der Waals surface area contributed by atoms with Crippen LogP contribution in [-0.2, 0) is 9.84 Å². The van der Waals surface area contributed by atoms with Gasteiger partial charge in [0, 0.05) is 11.9 Å². The lowest BCUT2D eigenvalue weighted by Crippen LogP contribution is -2.13. The summed E-state index contributed by atoms with van der Waals surface area (Å²) < 4.78 is 27.8. The minimum Gasteiger partial charge on any atom is -0.492 e. The monoisotopic (exact) mass is 272 g/mol. The molecule has 2 N–H and O–H groups in total. The van der Waals surface area contributed by atoms with E-state index in [1.807, 2.05) is 0 Å². The Morgan fingerprint density at radius 2 is 2.17 bits per heavy atom. The zero-order valence-corrected chi connectivity index (χ0v) is 10.9. The smallest absolute Gasteiger partial charge is 0.250 e. The minimum atomic E-state index is -2.97. The number of pyridine rings is 1. The predicted molar refractivity (Wildman–Crippen MR) is 67.2 cm³/mol. The molecule has 1 aromatic heterocycles. The van der Waals surface area contributed by atoms with E-state index in [0.717, 1.165) is 0 Å². The van der Waals surface area contributed by atoms with Crippen LogP contribution in [0.25, 0.3) is 0 Å². The molecular formula is C11H16N2O4S. The number of carbonyl (C=O) groups is 1. The third-order valence-electron chi connectivity index (χ3n) is 2.31. The van der Waals surface area contributed by atoms with E-state index >= 15 is 0 Å². The molecule has 0 radical (unpaired) electrons. The zero-order valence-electron chi connectivity index (χ0n) is 10.1. The average Bonchev–Trinajstić information content (AvgIpc) is 2.35. The summed E-state index contributed by atoms with van der Waals surface area (Å²) in [6.45, 7) is 1.86. The first kappa shape index (κ1) is 14.4. The van der Waals surface area contributed by atoms with E-state index in [-0.39, 0.29) is 23.7 Å². The van der Waals surface area contributed by atoms with Gasteiger partial charge in [0.05, 0.1) is 24.1 Å². The SMILES string of the molecule is CCS(=O)(=O)CCCOc1cncc(C(N)=O)c1. The van der Waals surface area contributed by atoms with E-state index in [0.29, 0.717) is 12.2 Å². The first-order valence-corrected chi connectivity index (χ1v) is 7.35. The second-order valence-electron chi connectivity index (χ2n) is 3.71. The third-order valence-corrected chi connectivity index (χ3v) is 4.10. The summed E-state index contributed by atoms with van der Waals surface area (Å²) in [6.07, 6.45) is 3.19. The number of ether oxygens (including phenoxy) is 1. The molecule has 1 aromatic rings. The van der Waals surface area contributed by atoms with Crippen molar-refractivity contribution in [2.75, 3.05) is 18.1 Å². The number of hydrogen-bond acceptors (Lipinski definition) is 5. The maximum Gasteiger partial charge on any atom is 0.250 e. The number of sulfone groups is 1. The van der Waals surface area contributed by atoms with Crippen LogP contribution in [0.5, 0.6) is 5.75 Å². The lowest BCUT2D eigenvalue weighted by Gasteiger charge is -2.06. The number of primary amides is 1. The molecule has 100 valence electrons. The number of rotatable bonds is 7. The fourth-order valence-electron chi connectivity index (χ4n) is 1.25. The second kappa shape index (κ2) is 6.34. The number of aromatic nitrogens is 1. The van der Waals surface area contributed by atoms with E-state index in [4.69, 9.17) is 10.5 Å². The van der Waals surface area contributed by atoms with Crippen LogP contribution in [0, 0.1) is 0 Å². The Kier molecular flexibility index (Phi) is 5.08. The second-order valence-corrected chi connectivity index (χ2v) is 6.18. The van der Waals surface area contributed by atoms with Crippen molar-refractivity contribution in [2.24, 2.45) is 5.73 Å². The summed E-state index contributed by atoms with van der Waals surface area (Å²) in [4.78, 5) is 14.7. The summed E-state index contributed by atoms with van der Waals surface area (Å²) in [5.41, 5.74) is 5.36. The van der Waals surface area contributed by atoms with Crippen molar-refractivity contribution < 1.29 is 17.9 Å². The Hall–Kier alpha value is -1.63. The summed E-state index contributed by atoms with van der Waals surface area (Å²) in [6, 6.07) is 1.48. The summed E-state index contributed by atoms with van der Waals surface area (Å²) in [5.74, 6) is 0.0414. The van der Waals surface area contributed by atoms with Crippen molar-refractivity contribution in [3.8, 4) is 5.75 Å². The first-order chi connectivity index (χ1) is 8.44. The fourth-order valence-corrected chi connectivity index (χ4v) is 2.09. The Morgan fingerprint density at radius 3 is 2.78 bits per heavy atom. The molecule has 0 bridgehead atoms. The molecule has 0 fully saturated rings. The largest absolute Gasteiger partial charge is 0.492 e. The van der Waals surface area contributed by atoms with E-state index in [1.54, 1.807) is 6.92 Å². The molecule has 0 aliphatic heterocycles. The van der Waals surface area contributed by atoms with Crippen LogP contribution in [-0.4, -0.2) is 37.4 Å². The quantitative estimate of drug-likeness (QED) is 0.723. The van der Waals surface area contributed by atoms with Crippen LogP contribution >= 0.6 is 0 Å². The lowest BCUT2D eigenvalue weighted by molar-refractivity contribution is 0.0999. The molecule has 0 aromatic carbocycles. The van der Waals surface area contributed by atoms with Gasteiger partial charge in [0.1, 0.15) is 15.6 Å². The molecule has 7 heteroatoms. The summed E-state index contributed by atoms with van der Waals surface area (Å²) in [7, 11) is -2.97. The van der Waals surface area contributed by atoms with Crippen LogP contribution in [0.4, 0.5) is 0 Å². The molecule has 0 saturated carbocycles. The Labute approximate surface area is 106 Å². The molecule has 1 rings (SSSR count). The molecule has 6 nitrogen and oxygen atoms in total. The van der Waals surface area contributed by atoms with Crippen LogP contribution < -0.4 is 10.5 Å². The van der Waals surface area contributed by atoms with Crippen LogP contribution in [0.15, 0.2) is 18.5 Å². The maximum atomic E-state index is 11.2. The van der Waals surface area contributed by atoms with Gasteiger partial charge in [-0.2, -0.15) is 0 Å². The van der Waals surface area contributed by atoms with Crippen molar-refractivity contribution >= 4 is 15.7 Å². The molecule has 1 heterocycles. The molecule has 0 unspecified atom stereocenters. The van der Waals surface area contributed by atoms with Gasteiger partial charge in [-0.15, -0.1) is 0 Å². The summed E-state index contributed by atoms with van der Waals surface area (Å²) >= 11 is 0. The highest BCUT2D eigenvalue weighted by atomic mass is 32.2. The summed E-state index contributed by atoms with van der Waals surface area (Å²) in [5, 5.41) is 0. The highest BCUT2D eigenvalue weighted by molar-refractivity contribution is 7.91. The van der Waals surface area contributed by atoms with Gasteiger partial charge >= 0.3 is 0 Å². The standard InChI is InChI=1S/C11H16N2O4S/c1-2-18(15,16)5-3-4-17-10-6-9(11(12)14)7-13-8-10/h6-8H,2-5H2,1H3,(H2,12,14). The van der Waals surface area contributed by atoms with E-state index in [1.165, 1.54) is 18.5 Å². The Bertz CT molecular complexity index is 514. The van der Waals surface area contributed by atoms with Crippen molar-refractivity contribution in [1.29, 1.82) is 0 Å². The van der Waals surface area contributed by atoms with Gasteiger partial charge in [-0.25, -0.2) is 8.42 Å². The number of hydrogen-bond donors (Lipinski definition) is 1. The zero-order chi connectivity index (χ0) is 13.6. The van der Waals surface area contributed by atoms with E-state index in [9.17, 15) is 13.2 Å². The van der Waals surface area contributed by atoms with E-state index < -0.39 is 15.7 Å². The topological polar surface area (TPSA) is 99.3 Å². The highest BCUT2D eigenvalue weighted by Crippen LogP contribution is 2.11. The molecule has 0 aliphatic carbocycles. The predicted octanol–water partition coefficient (Wildman–Crippen LogP) is 0.384.